The number of nitrogens with one attached hydrogen (secondary N) is 1. The summed E-state index contributed by atoms with van der Waals surface area (Å²) in [4.78, 5) is 19.8. The van der Waals surface area contributed by atoms with Crippen molar-refractivity contribution in [3.8, 4) is 0 Å². The summed E-state index contributed by atoms with van der Waals surface area (Å²) < 4.78 is 5.35. The lowest BCUT2D eigenvalue weighted by atomic mass is 9.94. The van der Waals surface area contributed by atoms with E-state index in [0.717, 1.165) is 44.3 Å². The highest BCUT2D eigenvalue weighted by atomic mass is 16.5. The van der Waals surface area contributed by atoms with Crippen LogP contribution in [-0.2, 0) is 17.6 Å². The lowest BCUT2D eigenvalue weighted by Gasteiger charge is -2.37. The topological polar surface area (TPSA) is 71.3 Å². The zero-order chi connectivity index (χ0) is 18.5. The number of carbonyl (C=O) groups excluding carboxylic acids is 1. The maximum absolute atomic E-state index is 13.0. The smallest absolute Gasteiger partial charge is 0.240 e. The maximum atomic E-state index is 13.0. The molecule has 0 atom stereocenters. The molecule has 1 saturated heterocycles. The molecule has 6 nitrogen and oxygen atoms in total. The van der Waals surface area contributed by atoms with Gasteiger partial charge in [0, 0.05) is 19.4 Å². The first-order chi connectivity index (χ1) is 13.3. The molecule has 27 heavy (non-hydrogen) atoms. The van der Waals surface area contributed by atoms with Crippen molar-refractivity contribution >= 4 is 5.91 Å². The average Bonchev–Trinajstić information content (AvgIpc) is 3.44. The van der Waals surface area contributed by atoms with Crippen LogP contribution in [0.5, 0.6) is 0 Å². The maximum Gasteiger partial charge on any atom is 0.240 e. The van der Waals surface area contributed by atoms with Gasteiger partial charge in [0.15, 0.2) is 5.82 Å². The van der Waals surface area contributed by atoms with Crippen molar-refractivity contribution in [1.29, 1.82) is 0 Å². The van der Waals surface area contributed by atoms with Crippen molar-refractivity contribution in [2.75, 3.05) is 19.6 Å². The summed E-state index contributed by atoms with van der Waals surface area (Å²) in [5.41, 5.74) is 0.885. The summed E-state index contributed by atoms with van der Waals surface area (Å²) in [5, 5.41) is 7.20. The summed E-state index contributed by atoms with van der Waals surface area (Å²) in [6, 6.07) is 10.1. The molecule has 0 spiro atoms. The van der Waals surface area contributed by atoms with Gasteiger partial charge in [0.25, 0.3) is 0 Å². The molecule has 144 valence electrons. The van der Waals surface area contributed by atoms with E-state index in [1.807, 2.05) is 18.2 Å². The SMILES string of the molecule is O=C(NCCc1nc(Cc2ccccc2)no1)C1(N2CCCC2)CCCC1. The Morgan fingerprint density at radius 3 is 2.59 bits per heavy atom. The Hall–Kier alpha value is -2.21. The van der Waals surface area contributed by atoms with Gasteiger partial charge >= 0.3 is 0 Å². The third-order valence-corrected chi connectivity index (χ3v) is 5.90. The third-order valence-electron chi connectivity index (χ3n) is 5.90. The van der Waals surface area contributed by atoms with Crippen molar-refractivity contribution in [1.82, 2.24) is 20.4 Å². The first-order valence-corrected chi connectivity index (χ1v) is 10.1. The van der Waals surface area contributed by atoms with Gasteiger partial charge in [-0.05, 0) is 44.3 Å². The number of aromatic nitrogens is 2. The first kappa shape index (κ1) is 18.2. The number of amides is 1. The Bertz CT molecular complexity index is 747. The van der Waals surface area contributed by atoms with Crippen LogP contribution in [0.1, 0.15) is 55.8 Å². The van der Waals surface area contributed by atoms with Crippen LogP contribution < -0.4 is 5.32 Å². The molecule has 1 aliphatic carbocycles. The largest absolute Gasteiger partial charge is 0.354 e. The third kappa shape index (κ3) is 4.05. The van der Waals surface area contributed by atoms with Crippen LogP contribution in [0.15, 0.2) is 34.9 Å². The van der Waals surface area contributed by atoms with Gasteiger partial charge in [-0.3, -0.25) is 9.69 Å². The van der Waals surface area contributed by atoms with E-state index in [1.165, 1.54) is 12.8 Å². The minimum Gasteiger partial charge on any atom is -0.354 e. The van der Waals surface area contributed by atoms with E-state index in [2.05, 4.69) is 32.5 Å². The van der Waals surface area contributed by atoms with Crippen molar-refractivity contribution < 1.29 is 9.32 Å². The summed E-state index contributed by atoms with van der Waals surface area (Å²) >= 11 is 0. The molecule has 1 aromatic carbocycles. The Kier molecular flexibility index (Phi) is 5.53. The average molecular weight is 368 g/mol. The van der Waals surface area contributed by atoms with E-state index in [-0.39, 0.29) is 11.4 Å². The number of hydrogen-bond donors (Lipinski definition) is 1. The normalized spacial score (nSPS) is 19.4. The Balaban J connectivity index is 1.30. The van der Waals surface area contributed by atoms with Gasteiger partial charge in [0.05, 0.1) is 0 Å². The lowest BCUT2D eigenvalue weighted by molar-refractivity contribution is -0.132. The highest BCUT2D eigenvalue weighted by Crippen LogP contribution is 2.37. The predicted molar refractivity (Wildman–Crippen MR) is 102 cm³/mol. The molecular weight excluding hydrogens is 340 g/mol. The van der Waals surface area contributed by atoms with Gasteiger partial charge in [-0.1, -0.05) is 48.3 Å². The Morgan fingerprint density at radius 2 is 1.85 bits per heavy atom. The van der Waals surface area contributed by atoms with Crippen LogP contribution in [0.4, 0.5) is 0 Å². The summed E-state index contributed by atoms with van der Waals surface area (Å²) in [7, 11) is 0. The molecule has 0 radical (unpaired) electrons. The van der Waals surface area contributed by atoms with Crippen LogP contribution in [0, 0.1) is 0 Å². The fourth-order valence-corrected chi connectivity index (χ4v) is 4.48. The molecular formula is C21H28N4O2. The fraction of sp³-hybridized carbons (Fsp3) is 0.571. The number of hydrogen-bond acceptors (Lipinski definition) is 5. The van der Waals surface area contributed by atoms with Gasteiger partial charge < -0.3 is 9.84 Å². The van der Waals surface area contributed by atoms with E-state index in [0.29, 0.717) is 31.1 Å². The molecule has 1 amide bonds. The minimum atomic E-state index is -0.274. The van der Waals surface area contributed by atoms with Crippen molar-refractivity contribution in [3.05, 3.63) is 47.6 Å². The highest BCUT2D eigenvalue weighted by molar-refractivity contribution is 5.86. The van der Waals surface area contributed by atoms with Crippen molar-refractivity contribution in [3.63, 3.8) is 0 Å². The monoisotopic (exact) mass is 368 g/mol. The molecule has 2 aromatic rings. The van der Waals surface area contributed by atoms with Crippen LogP contribution in [0.2, 0.25) is 0 Å². The second-order valence-corrected chi connectivity index (χ2v) is 7.71. The molecule has 1 N–H and O–H groups in total. The first-order valence-electron chi connectivity index (χ1n) is 10.1. The predicted octanol–water partition coefficient (Wildman–Crippen LogP) is 2.73. The van der Waals surface area contributed by atoms with Crippen molar-refractivity contribution in [2.24, 2.45) is 0 Å². The second kappa shape index (κ2) is 8.21. The Morgan fingerprint density at radius 1 is 1.11 bits per heavy atom. The van der Waals surface area contributed by atoms with E-state index in [4.69, 9.17) is 4.52 Å². The van der Waals surface area contributed by atoms with Gasteiger partial charge in [-0.15, -0.1) is 0 Å². The van der Waals surface area contributed by atoms with Crippen LogP contribution in [0.25, 0.3) is 0 Å². The zero-order valence-corrected chi connectivity index (χ0v) is 15.8. The molecule has 1 aliphatic heterocycles. The zero-order valence-electron chi connectivity index (χ0n) is 15.8. The highest BCUT2D eigenvalue weighted by Gasteiger charge is 2.46. The summed E-state index contributed by atoms with van der Waals surface area (Å²) in [6.45, 7) is 2.65. The Labute approximate surface area is 160 Å². The molecule has 1 aromatic heterocycles. The molecule has 2 heterocycles. The molecule has 2 aliphatic rings. The number of nitrogens with zero attached hydrogens (tertiary/aromatic N) is 3. The van der Waals surface area contributed by atoms with Crippen LogP contribution >= 0.6 is 0 Å². The summed E-state index contributed by atoms with van der Waals surface area (Å²) in [6.07, 6.45) is 7.93. The van der Waals surface area contributed by atoms with E-state index < -0.39 is 0 Å². The van der Waals surface area contributed by atoms with Gasteiger partial charge in [-0.25, -0.2) is 0 Å². The molecule has 6 heteroatoms. The standard InChI is InChI=1S/C21H28N4O2/c26-20(21(11-4-5-12-21)25-14-6-7-15-25)22-13-10-19-23-18(24-27-19)16-17-8-2-1-3-9-17/h1-3,8-9H,4-7,10-16H2,(H,22,26). The quantitative estimate of drug-likeness (QED) is 0.814. The van der Waals surface area contributed by atoms with Crippen LogP contribution in [-0.4, -0.2) is 46.1 Å². The molecule has 4 rings (SSSR count). The fourth-order valence-electron chi connectivity index (χ4n) is 4.48. The second-order valence-electron chi connectivity index (χ2n) is 7.71. The number of benzene rings is 1. The van der Waals surface area contributed by atoms with E-state index in [1.54, 1.807) is 0 Å². The molecule has 0 unspecified atom stereocenters. The molecule has 2 fully saturated rings. The van der Waals surface area contributed by atoms with Gasteiger partial charge in [0.1, 0.15) is 5.54 Å². The number of likely N-dealkylation sites (tertiary alicyclic amines) is 1. The summed E-state index contributed by atoms with van der Waals surface area (Å²) in [5.74, 6) is 1.46. The van der Waals surface area contributed by atoms with Gasteiger partial charge in [-0.2, -0.15) is 4.98 Å². The van der Waals surface area contributed by atoms with E-state index in [9.17, 15) is 4.79 Å². The number of carbonyl (C=O) groups is 1. The van der Waals surface area contributed by atoms with Crippen LogP contribution in [0.3, 0.4) is 0 Å². The molecule has 1 saturated carbocycles. The minimum absolute atomic E-state index is 0.186. The number of rotatable bonds is 7. The van der Waals surface area contributed by atoms with E-state index >= 15 is 0 Å². The van der Waals surface area contributed by atoms with Gasteiger partial charge in [0.2, 0.25) is 11.8 Å². The molecule has 0 bridgehead atoms. The van der Waals surface area contributed by atoms with Crippen molar-refractivity contribution in [2.45, 2.75) is 56.9 Å². The lowest BCUT2D eigenvalue weighted by Crippen LogP contribution is -2.56.